The molecule has 0 spiro atoms. The van der Waals surface area contributed by atoms with Crippen molar-refractivity contribution in [3.05, 3.63) is 29.8 Å². The number of carbonyl (C=O) groups excluding carboxylic acids is 1. The van der Waals surface area contributed by atoms with Crippen LogP contribution in [0.1, 0.15) is 18.9 Å². The Balaban J connectivity index is 0.00000180. The van der Waals surface area contributed by atoms with E-state index in [1.165, 1.54) is 0 Å². The molecule has 0 aromatic heterocycles. The second-order valence-corrected chi connectivity index (χ2v) is 4.91. The third-order valence-electron chi connectivity index (χ3n) is 3.19. The van der Waals surface area contributed by atoms with Gasteiger partial charge in [0.05, 0.1) is 0 Å². The Morgan fingerprint density at radius 2 is 2.26 bits per heavy atom. The summed E-state index contributed by atoms with van der Waals surface area (Å²) >= 11 is 0. The molecule has 1 unspecified atom stereocenters. The highest BCUT2D eigenvalue weighted by molar-refractivity contribution is 5.85. The largest absolute Gasteiger partial charge is 0.481 e. The van der Waals surface area contributed by atoms with Crippen molar-refractivity contribution >= 4 is 18.3 Å². The number of ether oxygens (including phenoxy) is 1. The first-order valence-electron chi connectivity index (χ1n) is 6.34. The first-order chi connectivity index (χ1) is 8.56. The molecular formula is C14H21ClN2O2. The SMILES string of the molecule is Cc1cccc(OC(C)C(=O)N2CC[C@@H](N)C2)c1.Cl. The summed E-state index contributed by atoms with van der Waals surface area (Å²) in [6.45, 7) is 5.16. The lowest BCUT2D eigenvalue weighted by Gasteiger charge is -2.21. The number of carbonyl (C=O) groups is 1. The van der Waals surface area contributed by atoms with Gasteiger partial charge in [-0.05, 0) is 38.0 Å². The molecule has 2 atom stereocenters. The molecular weight excluding hydrogens is 264 g/mol. The van der Waals surface area contributed by atoms with Crippen molar-refractivity contribution in [2.45, 2.75) is 32.4 Å². The van der Waals surface area contributed by atoms with Crippen molar-refractivity contribution in [1.29, 1.82) is 0 Å². The van der Waals surface area contributed by atoms with E-state index in [0.717, 1.165) is 24.3 Å². The van der Waals surface area contributed by atoms with Crippen molar-refractivity contribution in [2.75, 3.05) is 13.1 Å². The summed E-state index contributed by atoms with van der Waals surface area (Å²) in [6, 6.07) is 7.83. The van der Waals surface area contributed by atoms with Gasteiger partial charge < -0.3 is 15.4 Å². The van der Waals surface area contributed by atoms with Crippen LogP contribution in [0, 0.1) is 6.92 Å². The smallest absolute Gasteiger partial charge is 0.263 e. The predicted octanol–water partition coefficient (Wildman–Crippen LogP) is 1.74. The minimum Gasteiger partial charge on any atom is -0.481 e. The number of aryl methyl sites for hydroxylation is 1. The van der Waals surface area contributed by atoms with E-state index >= 15 is 0 Å². The van der Waals surface area contributed by atoms with E-state index < -0.39 is 6.10 Å². The molecule has 0 saturated carbocycles. The van der Waals surface area contributed by atoms with Crippen LogP contribution in [-0.4, -0.2) is 36.0 Å². The third kappa shape index (κ3) is 4.11. The van der Waals surface area contributed by atoms with E-state index in [2.05, 4.69) is 0 Å². The number of benzene rings is 1. The number of nitrogens with zero attached hydrogens (tertiary/aromatic N) is 1. The standard InChI is InChI=1S/C14H20N2O2.ClH/c1-10-4-3-5-13(8-10)18-11(2)14(17)16-7-6-12(15)9-16;/h3-5,8,11-12H,6-7,9,15H2,1-2H3;1H/t11?,12-;/m1./s1. The minimum absolute atomic E-state index is 0. The summed E-state index contributed by atoms with van der Waals surface area (Å²) in [6.07, 6.45) is 0.417. The van der Waals surface area contributed by atoms with Crippen LogP contribution in [0.4, 0.5) is 0 Å². The fraction of sp³-hybridized carbons (Fsp3) is 0.500. The molecule has 0 bridgehead atoms. The van der Waals surface area contributed by atoms with E-state index in [1.807, 2.05) is 31.2 Å². The van der Waals surface area contributed by atoms with E-state index in [-0.39, 0.29) is 24.4 Å². The van der Waals surface area contributed by atoms with Crippen LogP contribution in [0.2, 0.25) is 0 Å². The van der Waals surface area contributed by atoms with Crippen LogP contribution in [0.15, 0.2) is 24.3 Å². The zero-order valence-electron chi connectivity index (χ0n) is 11.3. The summed E-state index contributed by atoms with van der Waals surface area (Å²) in [5.74, 6) is 0.754. The Bertz CT molecular complexity index is 439. The molecule has 1 aliphatic rings. The molecule has 1 saturated heterocycles. The number of halogens is 1. The Morgan fingerprint density at radius 3 is 2.84 bits per heavy atom. The zero-order valence-corrected chi connectivity index (χ0v) is 12.2. The second-order valence-electron chi connectivity index (χ2n) is 4.91. The summed E-state index contributed by atoms with van der Waals surface area (Å²) in [5.41, 5.74) is 6.92. The molecule has 2 N–H and O–H groups in total. The predicted molar refractivity (Wildman–Crippen MR) is 77.7 cm³/mol. The molecule has 1 aliphatic heterocycles. The van der Waals surface area contributed by atoms with Crippen molar-refractivity contribution in [1.82, 2.24) is 4.90 Å². The summed E-state index contributed by atoms with van der Waals surface area (Å²) in [4.78, 5) is 13.9. The molecule has 0 radical (unpaired) electrons. The van der Waals surface area contributed by atoms with E-state index in [0.29, 0.717) is 6.54 Å². The Hall–Kier alpha value is -1.26. The van der Waals surface area contributed by atoms with Gasteiger partial charge in [-0.25, -0.2) is 0 Å². The summed E-state index contributed by atoms with van der Waals surface area (Å²) < 4.78 is 5.67. The third-order valence-corrected chi connectivity index (χ3v) is 3.19. The number of nitrogens with two attached hydrogens (primary N) is 1. The molecule has 19 heavy (non-hydrogen) atoms. The monoisotopic (exact) mass is 284 g/mol. The highest BCUT2D eigenvalue weighted by Crippen LogP contribution is 2.16. The summed E-state index contributed by atoms with van der Waals surface area (Å²) in [7, 11) is 0. The Kier molecular flexibility index (Phi) is 5.63. The van der Waals surface area contributed by atoms with Crippen molar-refractivity contribution in [2.24, 2.45) is 5.73 Å². The van der Waals surface area contributed by atoms with Crippen molar-refractivity contribution in [3.8, 4) is 5.75 Å². The average molecular weight is 285 g/mol. The fourth-order valence-corrected chi connectivity index (χ4v) is 2.19. The molecule has 2 rings (SSSR count). The van der Waals surface area contributed by atoms with Gasteiger partial charge in [0.25, 0.3) is 5.91 Å². The molecule has 5 heteroatoms. The molecule has 1 fully saturated rings. The lowest BCUT2D eigenvalue weighted by molar-refractivity contribution is -0.136. The van der Waals surface area contributed by atoms with Gasteiger partial charge in [0.15, 0.2) is 6.10 Å². The van der Waals surface area contributed by atoms with Gasteiger partial charge in [-0.2, -0.15) is 0 Å². The van der Waals surface area contributed by atoms with Crippen LogP contribution in [0.25, 0.3) is 0 Å². The molecule has 1 aromatic carbocycles. The van der Waals surface area contributed by atoms with Gasteiger partial charge >= 0.3 is 0 Å². The van der Waals surface area contributed by atoms with E-state index in [9.17, 15) is 4.79 Å². The normalized spacial score (nSPS) is 19.7. The van der Waals surface area contributed by atoms with Crippen LogP contribution in [0.3, 0.4) is 0 Å². The number of hydrogen-bond donors (Lipinski definition) is 1. The van der Waals surface area contributed by atoms with E-state index in [4.69, 9.17) is 10.5 Å². The molecule has 1 amide bonds. The minimum atomic E-state index is -0.461. The van der Waals surface area contributed by atoms with Crippen LogP contribution in [-0.2, 0) is 4.79 Å². The maximum atomic E-state index is 12.1. The van der Waals surface area contributed by atoms with Crippen molar-refractivity contribution < 1.29 is 9.53 Å². The number of amides is 1. The molecule has 106 valence electrons. The molecule has 1 heterocycles. The second kappa shape index (κ2) is 6.78. The lowest BCUT2D eigenvalue weighted by atomic mass is 10.2. The summed E-state index contributed by atoms with van der Waals surface area (Å²) in [5, 5.41) is 0. The Labute approximate surface area is 120 Å². The fourth-order valence-electron chi connectivity index (χ4n) is 2.19. The van der Waals surface area contributed by atoms with Crippen LogP contribution in [0.5, 0.6) is 5.75 Å². The maximum Gasteiger partial charge on any atom is 0.263 e. The van der Waals surface area contributed by atoms with Gasteiger partial charge in [-0.3, -0.25) is 4.79 Å². The van der Waals surface area contributed by atoms with Crippen molar-refractivity contribution in [3.63, 3.8) is 0 Å². The number of hydrogen-bond acceptors (Lipinski definition) is 3. The maximum absolute atomic E-state index is 12.1. The average Bonchev–Trinajstić information content (AvgIpc) is 2.75. The Morgan fingerprint density at radius 1 is 1.53 bits per heavy atom. The molecule has 1 aromatic rings. The molecule has 0 aliphatic carbocycles. The van der Waals surface area contributed by atoms with Gasteiger partial charge in [0, 0.05) is 19.1 Å². The van der Waals surface area contributed by atoms with Gasteiger partial charge in [0.1, 0.15) is 5.75 Å². The van der Waals surface area contributed by atoms with Crippen LogP contribution >= 0.6 is 12.4 Å². The number of rotatable bonds is 3. The van der Waals surface area contributed by atoms with E-state index in [1.54, 1.807) is 11.8 Å². The highest BCUT2D eigenvalue weighted by Gasteiger charge is 2.28. The zero-order chi connectivity index (χ0) is 13.1. The highest BCUT2D eigenvalue weighted by atomic mass is 35.5. The first kappa shape index (κ1) is 15.8. The lowest BCUT2D eigenvalue weighted by Crippen LogP contribution is -2.40. The van der Waals surface area contributed by atoms with Gasteiger partial charge in [0.2, 0.25) is 0 Å². The quantitative estimate of drug-likeness (QED) is 0.920. The topological polar surface area (TPSA) is 55.6 Å². The van der Waals surface area contributed by atoms with Crippen LogP contribution < -0.4 is 10.5 Å². The van der Waals surface area contributed by atoms with Gasteiger partial charge in [-0.15, -0.1) is 12.4 Å². The first-order valence-corrected chi connectivity index (χ1v) is 6.34. The van der Waals surface area contributed by atoms with Gasteiger partial charge in [-0.1, -0.05) is 12.1 Å². The molecule has 4 nitrogen and oxygen atoms in total. The number of likely N-dealkylation sites (tertiary alicyclic amines) is 1.